The fourth-order valence-corrected chi connectivity index (χ4v) is 4.36. The molecule has 0 bridgehead atoms. The lowest BCUT2D eigenvalue weighted by molar-refractivity contribution is -0.125. The van der Waals surface area contributed by atoms with E-state index in [2.05, 4.69) is 15.1 Å². The minimum Gasteiger partial charge on any atom is -0.403 e. The van der Waals surface area contributed by atoms with Gasteiger partial charge in [-0.1, -0.05) is 18.2 Å². The summed E-state index contributed by atoms with van der Waals surface area (Å²) >= 11 is 0. The Labute approximate surface area is 187 Å². The summed E-state index contributed by atoms with van der Waals surface area (Å²) in [4.78, 5) is 34.5. The Morgan fingerprint density at radius 3 is 2.79 bits per heavy atom. The van der Waals surface area contributed by atoms with Crippen LogP contribution >= 0.6 is 0 Å². The molecule has 2 unspecified atom stereocenters. The van der Waals surface area contributed by atoms with E-state index in [1.807, 2.05) is 35.3 Å². The van der Waals surface area contributed by atoms with Crippen molar-refractivity contribution in [3.63, 3.8) is 0 Å². The van der Waals surface area contributed by atoms with E-state index in [0.717, 1.165) is 16.9 Å². The smallest absolute Gasteiger partial charge is 0.295 e. The number of aromatic amines is 1. The fourth-order valence-electron chi connectivity index (χ4n) is 4.36. The number of likely N-dealkylation sites (tertiary alicyclic amines) is 1. The van der Waals surface area contributed by atoms with Gasteiger partial charge in [0.2, 0.25) is 0 Å². The number of ketones is 1. The summed E-state index contributed by atoms with van der Waals surface area (Å²) in [5, 5.41) is 7.37. The van der Waals surface area contributed by atoms with Crippen LogP contribution in [0.5, 0.6) is 0 Å². The highest BCUT2D eigenvalue weighted by molar-refractivity contribution is 6.45. The first-order chi connectivity index (χ1) is 16.0. The Morgan fingerprint density at radius 1 is 1.24 bits per heavy atom. The highest BCUT2D eigenvalue weighted by atomic mass is 19.1. The van der Waals surface area contributed by atoms with Gasteiger partial charge in [-0.2, -0.15) is 5.10 Å². The number of hydrogen-bond donors (Lipinski definition) is 3. The molecular formula is C22H21FN8O2. The molecule has 2 aliphatic heterocycles. The molecule has 1 saturated heterocycles. The van der Waals surface area contributed by atoms with Crippen molar-refractivity contribution in [2.45, 2.75) is 6.04 Å². The first kappa shape index (κ1) is 20.6. The number of hydrogen-bond acceptors (Lipinski definition) is 8. The Kier molecular flexibility index (Phi) is 5.02. The van der Waals surface area contributed by atoms with Crippen LogP contribution in [-0.4, -0.2) is 51.9 Å². The van der Waals surface area contributed by atoms with Crippen molar-refractivity contribution in [3.8, 4) is 0 Å². The molecule has 0 radical (unpaired) electrons. The van der Waals surface area contributed by atoms with E-state index in [4.69, 9.17) is 11.6 Å². The standard InChI is InChI=1S/C22H21FN8O2/c23-16-10-27-21(30(25)7-6-24)19-18(16)15(9-26-19)20(32)22(33)29-11-13-8-28-31(17(13)12-29)14-4-2-1-3-5-14/h1-10,13,17,26H,11-12,24-25H2/b7-6-. The molecule has 11 heteroatoms. The molecule has 5 N–H and O–H groups in total. The molecule has 0 aliphatic carbocycles. The van der Waals surface area contributed by atoms with Gasteiger partial charge in [-0.3, -0.25) is 19.6 Å². The van der Waals surface area contributed by atoms with Gasteiger partial charge >= 0.3 is 0 Å². The second-order valence-electron chi connectivity index (χ2n) is 7.85. The molecule has 4 heterocycles. The van der Waals surface area contributed by atoms with Crippen LogP contribution in [-0.2, 0) is 4.79 Å². The van der Waals surface area contributed by atoms with Crippen molar-refractivity contribution in [2.75, 3.05) is 23.1 Å². The number of para-hydroxylation sites is 1. The summed E-state index contributed by atoms with van der Waals surface area (Å²) < 4.78 is 14.7. The summed E-state index contributed by atoms with van der Waals surface area (Å²) in [6.45, 7) is 0.692. The first-order valence-electron chi connectivity index (χ1n) is 10.3. The monoisotopic (exact) mass is 448 g/mol. The topological polar surface area (TPSA) is 137 Å². The van der Waals surface area contributed by atoms with Crippen molar-refractivity contribution in [2.24, 2.45) is 22.6 Å². The van der Waals surface area contributed by atoms with E-state index in [1.165, 1.54) is 23.5 Å². The SMILES string of the molecule is N/C=C\N(N)c1ncc(F)c2c(C(=O)C(=O)N3CC4C=NN(c5ccccc5)C4C3)c[nH]c12. The van der Waals surface area contributed by atoms with E-state index in [9.17, 15) is 14.0 Å². The van der Waals surface area contributed by atoms with Crippen LogP contribution in [0.4, 0.5) is 15.9 Å². The molecule has 3 aromatic rings. The molecule has 2 aliphatic rings. The largest absolute Gasteiger partial charge is 0.403 e. The zero-order chi connectivity index (χ0) is 23.1. The lowest BCUT2D eigenvalue weighted by atomic mass is 10.1. The zero-order valence-corrected chi connectivity index (χ0v) is 17.4. The van der Waals surface area contributed by atoms with E-state index in [1.54, 1.807) is 6.21 Å². The Bertz CT molecular complexity index is 1290. The van der Waals surface area contributed by atoms with Gasteiger partial charge in [-0.25, -0.2) is 15.2 Å². The maximum atomic E-state index is 14.7. The van der Waals surface area contributed by atoms with Gasteiger partial charge in [0, 0.05) is 43.8 Å². The third-order valence-corrected chi connectivity index (χ3v) is 5.91. The van der Waals surface area contributed by atoms with Gasteiger partial charge in [0.05, 0.1) is 34.4 Å². The number of H-pyrrole nitrogens is 1. The molecule has 1 amide bonds. The van der Waals surface area contributed by atoms with Gasteiger partial charge in [-0.15, -0.1) is 0 Å². The summed E-state index contributed by atoms with van der Waals surface area (Å²) in [7, 11) is 0. The number of Topliss-reactive ketones (excluding diaryl/α,β-unsaturated/α-hetero) is 1. The molecule has 1 fully saturated rings. The second kappa shape index (κ2) is 8.02. The van der Waals surface area contributed by atoms with Gasteiger partial charge in [0.1, 0.15) is 0 Å². The van der Waals surface area contributed by atoms with Gasteiger partial charge in [0.25, 0.3) is 11.7 Å². The molecule has 1 aromatic carbocycles. The summed E-state index contributed by atoms with van der Waals surface area (Å²) in [6, 6.07) is 9.57. The molecule has 168 valence electrons. The van der Waals surface area contributed by atoms with Crippen molar-refractivity contribution in [1.29, 1.82) is 0 Å². The van der Waals surface area contributed by atoms with Gasteiger partial charge in [-0.05, 0) is 12.1 Å². The zero-order valence-electron chi connectivity index (χ0n) is 17.4. The number of hydrazone groups is 1. The van der Waals surface area contributed by atoms with Gasteiger partial charge in [0.15, 0.2) is 11.6 Å². The average Bonchev–Trinajstić information content (AvgIpc) is 3.53. The van der Waals surface area contributed by atoms with Crippen molar-refractivity contribution in [3.05, 3.63) is 66.5 Å². The molecule has 33 heavy (non-hydrogen) atoms. The van der Waals surface area contributed by atoms with Crippen LogP contribution in [0.1, 0.15) is 10.4 Å². The van der Waals surface area contributed by atoms with Gasteiger partial charge < -0.3 is 15.6 Å². The lowest BCUT2D eigenvalue weighted by Gasteiger charge is -2.23. The van der Waals surface area contributed by atoms with E-state index in [-0.39, 0.29) is 34.2 Å². The van der Waals surface area contributed by atoms with E-state index < -0.39 is 17.5 Å². The number of nitrogens with zero attached hydrogens (tertiary/aromatic N) is 5. The molecule has 10 nitrogen and oxygen atoms in total. The van der Waals surface area contributed by atoms with Crippen LogP contribution in [0.15, 0.2) is 60.2 Å². The number of fused-ring (bicyclic) bond motifs is 2. The number of halogens is 1. The summed E-state index contributed by atoms with van der Waals surface area (Å²) in [5.41, 5.74) is 6.38. The summed E-state index contributed by atoms with van der Waals surface area (Å²) in [5.74, 6) is 3.78. The molecule has 2 atom stereocenters. The number of hydrazine groups is 1. The van der Waals surface area contributed by atoms with E-state index >= 15 is 0 Å². The van der Waals surface area contributed by atoms with Crippen LogP contribution in [0.2, 0.25) is 0 Å². The summed E-state index contributed by atoms with van der Waals surface area (Å²) in [6.07, 6.45) is 6.58. The fraction of sp³-hybridized carbons (Fsp3) is 0.182. The molecule has 5 rings (SSSR count). The minimum atomic E-state index is -0.807. The van der Waals surface area contributed by atoms with Crippen molar-refractivity contribution >= 4 is 40.3 Å². The van der Waals surface area contributed by atoms with Crippen molar-refractivity contribution < 1.29 is 14.0 Å². The molecule has 0 saturated carbocycles. The Balaban J connectivity index is 1.40. The third kappa shape index (κ3) is 3.38. The van der Waals surface area contributed by atoms with Crippen LogP contribution < -0.4 is 21.6 Å². The number of nitrogens with one attached hydrogen (secondary N) is 1. The number of rotatable bonds is 5. The number of benzene rings is 1. The van der Waals surface area contributed by atoms with Crippen LogP contribution in [0.25, 0.3) is 10.9 Å². The second-order valence-corrected chi connectivity index (χ2v) is 7.85. The van der Waals surface area contributed by atoms with Crippen LogP contribution in [0.3, 0.4) is 0 Å². The predicted octanol–water partition coefficient (Wildman–Crippen LogP) is 1.33. The van der Waals surface area contributed by atoms with Crippen LogP contribution in [0, 0.1) is 11.7 Å². The van der Waals surface area contributed by atoms with Crippen molar-refractivity contribution in [1.82, 2.24) is 14.9 Å². The highest BCUT2D eigenvalue weighted by Crippen LogP contribution is 2.32. The number of amides is 1. The number of nitrogens with two attached hydrogens (primary N) is 2. The number of anilines is 2. The highest BCUT2D eigenvalue weighted by Gasteiger charge is 2.43. The molecule has 2 aromatic heterocycles. The predicted molar refractivity (Wildman–Crippen MR) is 122 cm³/mol. The Morgan fingerprint density at radius 2 is 2.03 bits per heavy atom. The third-order valence-electron chi connectivity index (χ3n) is 5.91. The minimum absolute atomic E-state index is 0.00584. The van der Waals surface area contributed by atoms with E-state index in [0.29, 0.717) is 13.1 Å². The normalized spacial score (nSPS) is 19.6. The lowest BCUT2D eigenvalue weighted by Crippen LogP contribution is -2.38. The number of carbonyl (C=O) groups excluding carboxylic acids is 2. The first-order valence-corrected chi connectivity index (χ1v) is 10.3. The quantitative estimate of drug-likeness (QED) is 0.232. The maximum Gasteiger partial charge on any atom is 0.295 e. The maximum absolute atomic E-state index is 14.7. The average molecular weight is 448 g/mol. The number of pyridine rings is 1. The number of carbonyl (C=O) groups is 2. The number of aromatic nitrogens is 2. The Hall–Kier alpha value is -4.25. The molecule has 0 spiro atoms. The molecular weight excluding hydrogens is 427 g/mol.